The zero-order valence-corrected chi connectivity index (χ0v) is 8.94. The van der Waals surface area contributed by atoms with Gasteiger partial charge >= 0.3 is 0 Å². The minimum Gasteiger partial charge on any atom is -0.177 e. The van der Waals surface area contributed by atoms with E-state index in [4.69, 9.17) is 0 Å². The molecule has 1 unspecified atom stereocenters. The van der Waals surface area contributed by atoms with Gasteiger partial charge in [-0.25, -0.2) is 0 Å². The van der Waals surface area contributed by atoms with Crippen LogP contribution in [0.15, 0.2) is 24.3 Å². The van der Waals surface area contributed by atoms with Crippen molar-refractivity contribution in [2.24, 2.45) is 0 Å². The molecule has 78 valence electrons. The number of hydrogen-bond donors (Lipinski definition) is 1. The molecule has 1 N–H and O–H groups in total. The molecule has 0 aliphatic rings. The van der Waals surface area contributed by atoms with Crippen LogP contribution in [0.4, 0.5) is 0 Å². The smallest absolute Gasteiger partial charge is 0.177 e. The highest BCUT2D eigenvalue weighted by Gasteiger charge is 2.12. The Morgan fingerprint density at radius 2 is 2.13 bits per heavy atom. The number of nitrogens with zero attached hydrogens (tertiary/aromatic N) is 3. The van der Waals surface area contributed by atoms with Crippen molar-refractivity contribution in [2.75, 3.05) is 0 Å². The van der Waals surface area contributed by atoms with Crippen LogP contribution in [-0.4, -0.2) is 20.6 Å². The maximum Gasteiger partial charge on any atom is 0.204 e. The van der Waals surface area contributed by atoms with Crippen LogP contribution in [0.5, 0.6) is 0 Å². The molecule has 4 heteroatoms. The normalized spacial score (nSPS) is 12.7. The second-order valence-corrected chi connectivity index (χ2v) is 3.63. The number of nitrogens with one attached hydrogen (secondary N) is 1. The van der Waals surface area contributed by atoms with Crippen LogP contribution in [0.3, 0.4) is 0 Å². The fourth-order valence-electron chi connectivity index (χ4n) is 1.63. The zero-order valence-electron chi connectivity index (χ0n) is 8.94. The minimum atomic E-state index is 0.514. The predicted molar refractivity (Wildman–Crippen MR) is 58.3 cm³/mol. The quantitative estimate of drug-likeness (QED) is 0.831. The van der Waals surface area contributed by atoms with Gasteiger partial charge in [0, 0.05) is 5.56 Å². The topological polar surface area (TPSA) is 54.5 Å². The third-order valence-electron chi connectivity index (χ3n) is 2.69. The number of aromatic amines is 1. The Bertz CT molecular complexity index is 422. The van der Waals surface area contributed by atoms with Crippen molar-refractivity contribution in [3.8, 4) is 11.4 Å². The van der Waals surface area contributed by atoms with Crippen LogP contribution in [0.25, 0.3) is 11.4 Å². The van der Waals surface area contributed by atoms with E-state index in [0.717, 1.165) is 12.0 Å². The summed E-state index contributed by atoms with van der Waals surface area (Å²) in [6, 6.07) is 8.20. The minimum absolute atomic E-state index is 0.514. The molecule has 0 bridgehead atoms. The van der Waals surface area contributed by atoms with E-state index in [1.165, 1.54) is 5.56 Å². The molecular formula is C11H14N4. The second kappa shape index (κ2) is 4.21. The number of hydrogen-bond acceptors (Lipinski definition) is 3. The lowest BCUT2D eigenvalue weighted by Crippen LogP contribution is -1.95. The van der Waals surface area contributed by atoms with Crippen molar-refractivity contribution in [3.63, 3.8) is 0 Å². The van der Waals surface area contributed by atoms with Crippen molar-refractivity contribution in [3.05, 3.63) is 29.8 Å². The third-order valence-corrected chi connectivity index (χ3v) is 2.69. The molecule has 0 amide bonds. The van der Waals surface area contributed by atoms with Gasteiger partial charge in [0.15, 0.2) is 0 Å². The fourth-order valence-corrected chi connectivity index (χ4v) is 1.63. The Kier molecular flexibility index (Phi) is 2.76. The third kappa shape index (κ3) is 1.88. The van der Waals surface area contributed by atoms with Gasteiger partial charge in [-0.05, 0) is 23.1 Å². The highest BCUT2D eigenvalue weighted by Crippen LogP contribution is 2.27. The number of benzene rings is 1. The van der Waals surface area contributed by atoms with E-state index < -0.39 is 0 Å². The summed E-state index contributed by atoms with van der Waals surface area (Å²) < 4.78 is 0. The summed E-state index contributed by atoms with van der Waals surface area (Å²) in [6.45, 7) is 4.39. The van der Waals surface area contributed by atoms with Gasteiger partial charge in [0.25, 0.3) is 0 Å². The fraction of sp³-hybridized carbons (Fsp3) is 0.364. The summed E-state index contributed by atoms with van der Waals surface area (Å²) in [7, 11) is 0. The monoisotopic (exact) mass is 202 g/mol. The lowest BCUT2D eigenvalue weighted by atomic mass is 9.93. The van der Waals surface area contributed by atoms with Gasteiger partial charge in [0.2, 0.25) is 5.82 Å². The van der Waals surface area contributed by atoms with E-state index in [-0.39, 0.29) is 0 Å². The van der Waals surface area contributed by atoms with Crippen molar-refractivity contribution in [1.82, 2.24) is 20.6 Å². The Hall–Kier alpha value is -1.71. The highest BCUT2D eigenvalue weighted by molar-refractivity contribution is 5.60. The van der Waals surface area contributed by atoms with Crippen molar-refractivity contribution in [2.45, 2.75) is 26.2 Å². The second-order valence-electron chi connectivity index (χ2n) is 3.63. The maximum atomic E-state index is 4.02. The molecule has 0 radical (unpaired) electrons. The molecule has 4 nitrogen and oxygen atoms in total. The Labute approximate surface area is 88.7 Å². The number of tetrazole rings is 1. The molecule has 1 heterocycles. The van der Waals surface area contributed by atoms with Gasteiger partial charge in [-0.1, -0.05) is 38.1 Å². The summed E-state index contributed by atoms with van der Waals surface area (Å²) in [4.78, 5) is 0. The molecule has 15 heavy (non-hydrogen) atoms. The van der Waals surface area contributed by atoms with E-state index in [1.807, 2.05) is 18.2 Å². The van der Waals surface area contributed by atoms with Gasteiger partial charge in [-0.2, -0.15) is 5.21 Å². The number of H-pyrrole nitrogens is 1. The SMILES string of the molecule is CCC(C)c1ccccc1-c1nn[nH]n1. The van der Waals surface area contributed by atoms with Crippen molar-refractivity contribution in [1.29, 1.82) is 0 Å². The molecule has 0 fully saturated rings. The lowest BCUT2D eigenvalue weighted by Gasteiger charge is -2.12. The molecule has 0 saturated heterocycles. The molecule has 1 atom stereocenters. The zero-order chi connectivity index (χ0) is 10.7. The largest absolute Gasteiger partial charge is 0.204 e. The van der Waals surface area contributed by atoms with E-state index in [9.17, 15) is 0 Å². The van der Waals surface area contributed by atoms with Gasteiger partial charge in [0.05, 0.1) is 0 Å². The van der Waals surface area contributed by atoms with Crippen molar-refractivity contribution >= 4 is 0 Å². The van der Waals surface area contributed by atoms with Crippen molar-refractivity contribution < 1.29 is 0 Å². The molecule has 1 aromatic carbocycles. The van der Waals surface area contributed by atoms with E-state index in [0.29, 0.717) is 11.7 Å². The summed E-state index contributed by atoms with van der Waals surface area (Å²) in [5.41, 5.74) is 2.35. The Balaban J connectivity index is 2.47. The number of rotatable bonds is 3. The molecular weight excluding hydrogens is 188 g/mol. The first-order valence-corrected chi connectivity index (χ1v) is 5.15. The highest BCUT2D eigenvalue weighted by atomic mass is 15.5. The van der Waals surface area contributed by atoms with Crippen LogP contribution in [0, 0.1) is 0 Å². The first-order chi connectivity index (χ1) is 7.33. The maximum absolute atomic E-state index is 4.02. The van der Waals surface area contributed by atoms with Gasteiger partial charge < -0.3 is 0 Å². The van der Waals surface area contributed by atoms with Crippen LogP contribution < -0.4 is 0 Å². The van der Waals surface area contributed by atoms with Crippen LogP contribution in [0.2, 0.25) is 0 Å². The summed E-state index contributed by atoms with van der Waals surface area (Å²) in [5, 5.41) is 14.1. The first kappa shape index (κ1) is 9.83. The lowest BCUT2D eigenvalue weighted by molar-refractivity contribution is 0.734. The van der Waals surface area contributed by atoms with Crippen LogP contribution >= 0.6 is 0 Å². The standard InChI is InChI=1S/C11H14N4/c1-3-8(2)9-6-4-5-7-10(9)11-12-14-15-13-11/h4-8H,3H2,1-2H3,(H,12,13,14,15). The van der Waals surface area contributed by atoms with E-state index >= 15 is 0 Å². The average Bonchev–Trinajstić information content (AvgIpc) is 2.81. The average molecular weight is 202 g/mol. The summed E-state index contributed by atoms with van der Waals surface area (Å²) in [5.74, 6) is 1.19. The van der Waals surface area contributed by atoms with Gasteiger partial charge in [-0.15, -0.1) is 10.2 Å². The van der Waals surface area contributed by atoms with Crippen LogP contribution in [-0.2, 0) is 0 Å². The molecule has 0 saturated carbocycles. The Morgan fingerprint density at radius 3 is 2.80 bits per heavy atom. The molecule has 2 aromatic rings. The molecule has 1 aromatic heterocycles. The van der Waals surface area contributed by atoms with Gasteiger partial charge in [-0.3, -0.25) is 0 Å². The molecule has 2 rings (SSSR count). The predicted octanol–water partition coefficient (Wildman–Crippen LogP) is 2.38. The van der Waals surface area contributed by atoms with Gasteiger partial charge in [0.1, 0.15) is 0 Å². The van der Waals surface area contributed by atoms with E-state index in [1.54, 1.807) is 0 Å². The molecule has 0 spiro atoms. The first-order valence-electron chi connectivity index (χ1n) is 5.15. The van der Waals surface area contributed by atoms with Crippen LogP contribution in [0.1, 0.15) is 31.7 Å². The summed E-state index contributed by atoms with van der Waals surface area (Å²) in [6.07, 6.45) is 1.11. The number of aromatic nitrogens is 4. The Morgan fingerprint density at radius 1 is 1.33 bits per heavy atom. The molecule has 0 aliphatic carbocycles. The summed E-state index contributed by atoms with van der Waals surface area (Å²) >= 11 is 0. The van der Waals surface area contributed by atoms with E-state index in [2.05, 4.69) is 40.5 Å². The molecule has 0 aliphatic heterocycles.